The average molecular weight is 359 g/mol. The molecule has 0 saturated heterocycles. The fraction of sp³-hybridized carbons (Fsp3) is 0. The molecule has 2 rings (SSSR count). The normalized spacial score (nSPS) is 10.2. The van der Waals surface area contributed by atoms with E-state index in [1.807, 2.05) is 0 Å². The number of hydrogen-bond acceptors (Lipinski definition) is 6. The minimum atomic E-state index is -0.539. The van der Waals surface area contributed by atoms with Crippen LogP contribution in [0.25, 0.3) is 0 Å². The van der Waals surface area contributed by atoms with E-state index in [9.17, 15) is 10.1 Å². The molecule has 104 valence electrons. The molecule has 0 aliphatic heterocycles. The first-order chi connectivity index (χ1) is 9.51. The van der Waals surface area contributed by atoms with E-state index in [4.69, 9.17) is 17.4 Å². The van der Waals surface area contributed by atoms with Crippen LogP contribution < -0.4 is 16.6 Å². The number of nitrogen functional groups attached to an aromatic ring is 1. The molecule has 7 nitrogen and oxygen atoms in total. The van der Waals surface area contributed by atoms with Crippen molar-refractivity contribution in [2.75, 3.05) is 10.7 Å². The van der Waals surface area contributed by atoms with Gasteiger partial charge in [-0.05, 0) is 24.3 Å². The number of halogens is 2. The molecule has 2 aromatic rings. The maximum Gasteiger partial charge on any atom is 0.311 e. The highest BCUT2D eigenvalue weighted by Gasteiger charge is 2.17. The highest BCUT2D eigenvalue weighted by atomic mass is 79.9. The fourth-order valence-corrected chi connectivity index (χ4v) is 2.21. The Morgan fingerprint density at radius 2 is 2.10 bits per heavy atom. The molecule has 0 amide bonds. The van der Waals surface area contributed by atoms with E-state index in [1.54, 1.807) is 18.2 Å². The van der Waals surface area contributed by atoms with Crippen LogP contribution in [0.1, 0.15) is 0 Å². The number of nitrogens with two attached hydrogens (primary N) is 1. The Morgan fingerprint density at radius 3 is 2.70 bits per heavy atom. The van der Waals surface area contributed by atoms with E-state index >= 15 is 0 Å². The van der Waals surface area contributed by atoms with E-state index in [0.717, 1.165) is 4.47 Å². The third kappa shape index (κ3) is 3.16. The smallest absolute Gasteiger partial charge is 0.311 e. The highest BCUT2D eigenvalue weighted by Crippen LogP contribution is 2.32. The molecule has 0 atom stereocenters. The quantitative estimate of drug-likeness (QED) is 0.439. The molecule has 0 aliphatic carbocycles. The van der Waals surface area contributed by atoms with Gasteiger partial charge in [0.1, 0.15) is 5.82 Å². The van der Waals surface area contributed by atoms with E-state index < -0.39 is 4.92 Å². The first-order valence-electron chi connectivity index (χ1n) is 5.35. The summed E-state index contributed by atoms with van der Waals surface area (Å²) in [5.41, 5.74) is 2.65. The van der Waals surface area contributed by atoms with Crippen LogP contribution in [-0.2, 0) is 0 Å². The largest absolute Gasteiger partial charge is 0.333 e. The summed E-state index contributed by atoms with van der Waals surface area (Å²) in [5.74, 6) is 5.59. The van der Waals surface area contributed by atoms with Crippen molar-refractivity contribution in [2.24, 2.45) is 5.84 Å². The number of hydrogen-bond donors (Lipinski definition) is 3. The van der Waals surface area contributed by atoms with Crippen molar-refractivity contribution in [1.82, 2.24) is 4.98 Å². The van der Waals surface area contributed by atoms with Gasteiger partial charge < -0.3 is 10.7 Å². The van der Waals surface area contributed by atoms with Crippen molar-refractivity contribution in [3.05, 3.63) is 49.9 Å². The Bertz CT molecular complexity index is 667. The van der Waals surface area contributed by atoms with Gasteiger partial charge in [-0.1, -0.05) is 27.5 Å². The van der Waals surface area contributed by atoms with Gasteiger partial charge in [0.15, 0.2) is 0 Å². The van der Waals surface area contributed by atoms with Gasteiger partial charge in [-0.15, -0.1) is 0 Å². The number of anilines is 3. The van der Waals surface area contributed by atoms with Crippen LogP contribution in [0.5, 0.6) is 0 Å². The van der Waals surface area contributed by atoms with E-state index in [0.29, 0.717) is 16.5 Å². The second-order valence-electron chi connectivity index (χ2n) is 3.71. The Labute approximate surface area is 127 Å². The molecule has 0 unspecified atom stereocenters. The second-order valence-corrected chi connectivity index (χ2v) is 5.04. The predicted octanol–water partition coefficient (Wildman–Crippen LogP) is 3.43. The van der Waals surface area contributed by atoms with Gasteiger partial charge in [0.2, 0.25) is 5.82 Å². The monoisotopic (exact) mass is 357 g/mol. The van der Waals surface area contributed by atoms with Crippen LogP contribution in [-0.4, -0.2) is 9.91 Å². The minimum absolute atomic E-state index is 0.0506. The molecule has 20 heavy (non-hydrogen) atoms. The van der Waals surface area contributed by atoms with E-state index in [1.165, 1.54) is 12.1 Å². The zero-order valence-electron chi connectivity index (χ0n) is 9.93. The molecule has 0 bridgehead atoms. The van der Waals surface area contributed by atoms with Crippen molar-refractivity contribution in [1.29, 1.82) is 0 Å². The summed E-state index contributed by atoms with van der Waals surface area (Å²) in [4.78, 5) is 14.5. The first kappa shape index (κ1) is 14.5. The molecule has 0 aliphatic rings. The third-order valence-electron chi connectivity index (χ3n) is 2.40. The lowest BCUT2D eigenvalue weighted by Gasteiger charge is -2.09. The van der Waals surface area contributed by atoms with Crippen molar-refractivity contribution >= 4 is 50.5 Å². The van der Waals surface area contributed by atoms with Gasteiger partial charge in [-0.2, -0.15) is 0 Å². The molecule has 0 fully saturated rings. The Balaban J connectivity index is 2.43. The molecule has 0 spiro atoms. The zero-order chi connectivity index (χ0) is 14.7. The highest BCUT2D eigenvalue weighted by molar-refractivity contribution is 9.10. The summed E-state index contributed by atoms with van der Waals surface area (Å²) in [6, 6.07) is 7.82. The van der Waals surface area contributed by atoms with Gasteiger partial charge in [0.05, 0.1) is 15.6 Å². The number of benzene rings is 1. The van der Waals surface area contributed by atoms with Gasteiger partial charge >= 0.3 is 5.69 Å². The number of nitrogens with zero attached hydrogens (tertiary/aromatic N) is 2. The molecule has 1 heterocycles. The Kier molecular flexibility index (Phi) is 4.38. The standard InChI is InChI=1S/C11H9BrClN5O2/c12-6-1-2-8(7(13)5-6)15-11-9(18(19)20)3-4-10(16-11)17-14/h1-5H,14H2,(H2,15,16,17). The molecule has 0 saturated carbocycles. The maximum absolute atomic E-state index is 11.0. The number of aromatic nitrogens is 1. The Morgan fingerprint density at radius 1 is 1.35 bits per heavy atom. The fourth-order valence-electron chi connectivity index (χ4n) is 1.49. The Hall–Kier alpha value is -1.90. The molecular weight excluding hydrogens is 350 g/mol. The molecule has 9 heteroatoms. The van der Waals surface area contributed by atoms with Crippen LogP contribution in [0.3, 0.4) is 0 Å². The number of hydrazine groups is 1. The van der Waals surface area contributed by atoms with Gasteiger partial charge in [-0.3, -0.25) is 10.1 Å². The number of nitrogens with one attached hydrogen (secondary N) is 2. The lowest BCUT2D eigenvalue weighted by molar-refractivity contribution is -0.384. The first-order valence-corrected chi connectivity index (χ1v) is 6.52. The topological polar surface area (TPSA) is 106 Å². The summed E-state index contributed by atoms with van der Waals surface area (Å²) < 4.78 is 0.799. The van der Waals surface area contributed by atoms with Crippen LogP contribution in [0.15, 0.2) is 34.8 Å². The number of rotatable bonds is 4. The lowest BCUT2D eigenvalue weighted by atomic mass is 10.3. The zero-order valence-corrected chi connectivity index (χ0v) is 12.3. The summed E-state index contributed by atoms with van der Waals surface area (Å²) in [6.45, 7) is 0. The third-order valence-corrected chi connectivity index (χ3v) is 3.21. The number of nitro groups is 1. The maximum atomic E-state index is 11.0. The molecular formula is C11H9BrClN5O2. The van der Waals surface area contributed by atoms with Gasteiger partial charge in [0, 0.05) is 10.5 Å². The predicted molar refractivity (Wildman–Crippen MR) is 81.1 cm³/mol. The van der Waals surface area contributed by atoms with Gasteiger partial charge in [-0.25, -0.2) is 10.8 Å². The average Bonchev–Trinajstić information content (AvgIpc) is 2.41. The minimum Gasteiger partial charge on any atom is -0.333 e. The van der Waals surface area contributed by atoms with Gasteiger partial charge in [0.25, 0.3) is 0 Å². The van der Waals surface area contributed by atoms with Crippen molar-refractivity contribution < 1.29 is 4.92 Å². The number of pyridine rings is 1. The van der Waals surface area contributed by atoms with E-state index in [2.05, 4.69) is 31.7 Å². The summed E-state index contributed by atoms with van der Waals surface area (Å²) >= 11 is 9.33. The molecule has 0 radical (unpaired) electrons. The molecule has 1 aromatic heterocycles. The second kappa shape index (κ2) is 6.04. The lowest BCUT2D eigenvalue weighted by Crippen LogP contribution is -2.10. The van der Waals surface area contributed by atoms with E-state index in [-0.39, 0.29) is 11.5 Å². The van der Waals surface area contributed by atoms with Crippen LogP contribution in [0.4, 0.5) is 23.0 Å². The van der Waals surface area contributed by atoms with Crippen molar-refractivity contribution in [3.63, 3.8) is 0 Å². The van der Waals surface area contributed by atoms with Crippen LogP contribution >= 0.6 is 27.5 Å². The summed E-state index contributed by atoms with van der Waals surface area (Å²) in [5, 5.41) is 14.2. The van der Waals surface area contributed by atoms with Crippen molar-refractivity contribution in [3.8, 4) is 0 Å². The van der Waals surface area contributed by atoms with Crippen LogP contribution in [0.2, 0.25) is 5.02 Å². The SMILES string of the molecule is NNc1ccc([N+](=O)[O-])c(Nc2ccc(Br)cc2Cl)n1. The molecule has 4 N–H and O–H groups in total. The van der Waals surface area contributed by atoms with Crippen molar-refractivity contribution in [2.45, 2.75) is 0 Å². The summed E-state index contributed by atoms with van der Waals surface area (Å²) in [6.07, 6.45) is 0. The van der Waals surface area contributed by atoms with Crippen LogP contribution in [0, 0.1) is 10.1 Å². The summed E-state index contributed by atoms with van der Waals surface area (Å²) in [7, 11) is 0. The molecule has 1 aromatic carbocycles.